The number of aromatic hydroxyl groups is 2. The van der Waals surface area contributed by atoms with Crippen molar-refractivity contribution in [1.82, 2.24) is 0 Å². The van der Waals surface area contributed by atoms with Crippen molar-refractivity contribution in [2.24, 2.45) is 0 Å². The molecule has 2 rings (SSSR count). The van der Waals surface area contributed by atoms with Gasteiger partial charge in [0.25, 0.3) is 0 Å². The van der Waals surface area contributed by atoms with Crippen LogP contribution in [0.1, 0.15) is 25.0 Å². The lowest BCUT2D eigenvalue weighted by Crippen LogP contribution is -2.20. The fraction of sp³-hybridized carbons (Fsp3) is 0.368. The van der Waals surface area contributed by atoms with Gasteiger partial charge in [-0.3, -0.25) is 0 Å². The quantitative estimate of drug-likeness (QED) is 0.449. The summed E-state index contributed by atoms with van der Waals surface area (Å²) in [7, 11) is 7.13. The molecule has 0 atom stereocenters. The van der Waals surface area contributed by atoms with E-state index in [0.29, 0.717) is 22.7 Å². The smallest absolute Gasteiger partial charge is 0.162 e. The predicted molar refractivity (Wildman–Crippen MR) is 107 cm³/mol. The Morgan fingerprint density at radius 1 is 0.600 bits per heavy atom. The molecular weight excluding hydrogens is 316 g/mol. The van der Waals surface area contributed by atoms with Crippen molar-refractivity contribution in [3.05, 3.63) is 35.4 Å². The van der Waals surface area contributed by atoms with E-state index < -0.39 is 0 Å². The van der Waals surface area contributed by atoms with Gasteiger partial charge in [0, 0.05) is 33.6 Å². The first-order chi connectivity index (χ1) is 11.8. The van der Waals surface area contributed by atoms with Crippen LogP contribution in [0, 0.1) is 0 Å². The molecule has 0 unspecified atom stereocenters. The topological polar surface area (TPSA) is 88.6 Å². The van der Waals surface area contributed by atoms with Gasteiger partial charge in [0.2, 0.25) is 0 Å². The van der Waals surface area contributed by atoms with E-state index >= 15 is 0 Å². The summed E-state index contributed by atoms with van der Waals surface area (Å²) < 4.78 is 0. The molecule has 2 aromatic carbocycles. The lowest BCUT2D eigenvalue weighted by Gasteiger charge is -2.29. The second-order valence-corrected chi connectivity index (χ2v) is 6.46. The maximum Gasteiger partial charge on any atom is 0.162 e. The number of phenols is 2. The standard InChI is InChI=1S/C19H28N4O2/c1-19(2,11-7-13(20-3)17(24)14(8-11)21-4)12-9-15(22-5)18(25)16(10-12)23-6/h7-10,20-25H,1-6H3. The second kappa shape index (κ2) is 7.01. The highest BCUT2D eigenvalue weighted by Gasteiger charge is 2.27. The Morgan fingerprint density at radius 3 is 1.04 bits per heavy atom. The molecule has 0 saturated carbocycles. The van der Waals surface area contributed by atoms with E-state index in [-0.39, 0.29) is 16.9 Å². The number of anilines is 4. The summed E-state index contributed by atoms with van der Waals surface area (Å²) >= 11 is 0. The number of rotatable bonds is 6. The van der Waals surface area contributed by atoms with Gasteiger partial charge < -0.3 is 31.5 Å². The zero-order valence-corrected chi connectivity index (χ0v) is 15.7. The lowest BCUT2D eigenvalue weighted by molar-refractivity contribution is 0.478. The van der Waals surface area contributed by atoms with Gasteiger partial charge in [-0.25, -0.2) is 0 Å². The lowest BCUT2D eigenvalue weighted by atomic mass is 9.77. The van der Waals surface area contributed by atoms with E-state index in [9.17, 15) is 10.2 Å². The fourth-order valence-electron chi connectivity index (χ4n) is 2.92. The number of benzene rings is 2. The van der Waals surface area contributed by atoms with E-state index in [0.717, 1.165) is 11.1 Å². The van der Waals surface area contributed by atoms with Crippen LogP contribution >= 0.6 is 0 Å². The maximum absolute atomic E-state index is 10.3. The largest absolute Gasteiger partial charge is 0.504 e. The molecular formula is C19H28N4O2. The zero-order valence-electron chi connectivity index (χ0n) is 15.7. The van der Waals surface area contributed by atoms with Gasteiger partial charge in [0.15, 0.2) is 11.5 Å². The molecule has 25 heavy (non-hydrogen) atoms. The molecule has 0 spiro atoms. The Morgan fingerprint density at radius 2 is 0.840 bits per heavy atom. The number of phenolic OH excluding ortho intramolecular Hbond substituents is 2. The Hall–Kier alpha value is -2.76. The van der Waals surface area contributed by atoms with Gasteiger partial charge >= 0.3 is 0 Å². The molecule has 0 aromatic heterocycles. The molecule has 0 radical (unpaired) electrons. The highest BCUT2D eigenvalue weighted by molar-refractivity contribution is 5.75. The van der Waals surface area contributed by atoms with Crippen LogP contribution in [-0.2, 0) is 5.41 Å². The summed E-state index contributed by atoms with van der Waals surface area (Å²) in [6.45, 7) is 4.23. The molecule has 0 heterocycles. The first kappa shape index (κ1) is 18.6. The second-order valence-electron chi connectivity index (χ2n) is 6.46. The van der Waals surface area contributed by atoms with E-state index in [2.05, 4.69) is 35.1 Å². The molecule has 0 aliphatic carbocycles. The van der Waals surface area contributed by atoms with Crippen LogP contribution in [0.15, 0.2) is 24.3 Å². The first-order valence-electron chi connectivity index (χ1n) is 8.26. The van der Waals surface area contributed by atoms with Crippen LogP contribution in [0.25, 0.3) is 0 Å². The molecule has 2 aromatic rings. The van der Waals surface area contributed by atoms with Crippen molar-refractivity contribution in [3.8, 4) is 11.5 Å². The summed E-state index contributed by atoms with van der Waals surface area (Å²) in [5.41, 5.74) is 4.37. The van der Waals surface area contributed by atoms with Crippen molar-refractivity contribution in [2.45, 2.75) is 19.3 Å². The molecule has 0 aliphatic rings. The summed E-state index contributed by atoms with van der Waals surface area (Å²) in [6.07, 6.45) is 0. The molecule has 0 saturated heterocycles. The molecule has 0 aliphatic heterocycles. The average Bonchev–Trinajstić information content (AvgIpc) is 2.61. The minimum absolute atomic E-state index is 0.196. The van der Waals surface area contributed by atoms with Crippen molar-refractivity contribution >= 4 is 22.7 Å². The van der Waals surface area contributed by atoms with Gasteiger partial charge in [0.1, 0.15) is 0 Å². The van der Waals surface area contributed by atoms with Crippen LogP contribution in [-0.4, -0.2) is 38.4 Å². The third-order valence-electron chi connectivity index (χ3n) is 4.74. The van der Waals surface area contributed by atoms with Gasteiger partial charge in [0.05, 0.1) is 22.7 Å². The Kier molecular flexibility index (Phi) is 5.21. The van der Waals surface area contributed by atoms with Gasteiger partial charge in [-0.15, -0.1) is 0 Å². The minimum atomic E-state index is -0.351. The van der Waals surface area contributed by atoms with Crippen LogP contribution in [0.3, 0.4) is 0 Å². The van der Waals surface area contributed by atoms with Crippen LogP contribution in [0.2, 0.25) is 0 Å². The Balaban J connectivity index is 2.66. The minimum Gasteiger partial charge on any atom is -0.504 e. The highest BCUT2D eigenvalue weighted by atomic mass is 16.3. The Bertz CT molecular complexity index is 659. The summed E-state index contributed by atoms with van der Waals surface area (Å²) in [5, 5.41) is 32.7. The van der Waals surface area contributed by atoms with Crippen LogP contribution in [0.5, 0.6) is 11.5 Å². The normalized spacial score (nSPS) is 11.1. The highest BCUT2D eigenvalue weighted by Crippen LogP contribution is 2.43. The SMILES string of the molecule is CNc1cc(C(C)(C)c2cc(NC)c(O)c(NC)c2)cc(NC)c1O. The fourth-order valence-corrected chi connectivity index (χ4v) is 2.92. The van der Waals surface area contributed by atoms with Gasteiger partial charge in [-0.05, 0) is 35.4 Å². The van der Waals surface area contributed by atoms with Crippen molar-refractivity contribution in [1.29, 1.82) is 0 Å². The molecule has 0 fully saturated rings. The maximum atomic E-state index is 10.3. The van der Waals surface area contributed by atoms with E-state index in [1.54, 1.807) is 28.2 Å². The van der Waals surface area contributed by atoms with Crippen molar-refractivity contribution < 1.29 is 10.2 Å². The number of hydrogen-bond acceptors (Lipinski definition) is 6. The molecule has 0 bridgehead atoms. The molecule has 6 nitrogen and oxygen atoms in total. The molecule has 6 N–H and O–H groups in total. The Labute approximate surface area is 149 Å². The molecule has 6 heteroatoms. The van der Waals surface area contributed by atoms with Crippen molar-refractivity contribution in [3.63, 3.8) is 0 Å². The summed E-state index contributed by atoms with van der Waals surface area (Å²) in [4.78, 5) is 0. The number of hydrogen-bond donors (Lipinski definition) is 6. The summed E-state index contributed by atoms with van der Waals surface area (Å²) in [5.74, 6) is 0.393. The van der Waals surface area contributed by atoms with Crippen molar-refractivity contribution in [2.75, 3.05) is 49.5 Å². The van der Waals surface area contributed by atoms with Gasteiger partial charge in [-0.1, -0.05) is 13.8 Å². The van der Waals surface area contributed by atoms with E-state index in [1.807, 2.05) is 24.3 Å². The van der Waals surface area contributed by atoms with Crippen LogP contribution < -0.4 is 21.3 Å². The first-order valence-corrected chi connectivity index (χ1v) is 8.26. The number of nitrogens with one attached hydrogen (secondary N) is 4. The summed E-state index contributed by atoms with van der Waals surface area (Å²) in [6, 6.07) is 7.78. The molecule has 0 amide bonds. The third kappa shape index (κ3) is 3.24. The monoisotopic (exact) mass is 344 g/mol. The zero-order chi connectivity index (χ0) is 18.8. The van der Waals surface area contributed by atoms with Gasteiger partial charge in [-0.2, -0.15) is 0 Å². The predicted octanol–water partition coefficient (Wildman–Crippen LogP) is 3.59. The van der Waals surface area contributed by atoms with E-state index in [1.165, 1.54) is 0 Å². The average molecular weight is 344 g/mol. The molecule has 136 valence electrons. The van der Waals surface area contributed by atoms with Crippen LogP contribution in [0.4, 0.5) is 22.7 Å². The third-order valence-corrected chi connectivity index (χ3v) is 4.74. The van der Waals surface area contributed by atoms with E-state index in [4.69, 9.17) is 0 Å².